The van der Waals surface area contributed by atoms with Gasteiger partial charge in [0.2, 0.25) is 0 Å². The summed E-state index contributed by atoms with van der Waals surface area (Å²) in [7, 11) is 1.58. The molecule has 0 radical (unpaired) electrons. The second-order valence-corrected chi connectivity index (χ2v) is 4.01. The smallest absolute Gasteiger partial charge is 0.128 e. The van der Waals surface area contributed by atoms with E-state index in [-0.39, 0.29) is 5.82 Å². The predicted molar refractivity (Wildman–Crippen MR) is 57.0 cm³/mol. The van der Waals surface area contributed by atoms with Crippen LogP contribution in [0.2, 0.25) is 0 Å². The molecule has 1 aromatic carbocycles. The van der Waals surface area contributed by atoms with Crippen molar-refractivity contribution in [3.05, 3.63) is 35.1 Å². The maximum atomic E-state index is 13.3. The van der Waals surface area contributed by atoms with Gasteiger partial charge >= 0.3 is 0 Å². The number of benzene rings is 1. The number of methoxy groups -OCH3 is 1. The van der Waals surface area contributed by atoms with E-state index >= 15 is 0 Å². The predicted octanol–water partition coefficient (Wildman–Crippen LogP) is 2.22. The van der Waals surface area contributed by atoms with Crippen molar-refractivity contribution in [2.75, 3.05) is 7.11 Å². The zero-order chi connectivity index (χ0) is 10.7. The summed E-state index contributed by atoms with van der Waals surface area (Å²) in [6.45, 7) is 1.16. The van der Waals surface area contributed by atoms with Crippen LogP contribution >= 0.6 is 0 Å². The van der Waals surface area contributed by atoms with Crippen molar-refractivity contribution in [3.8, 4) is 0 Å². The molecule has 1 aliphatic carbocycles. The van der Waals surface area contributed by atoms with Gasteiger partial charge in [0.05, 0.1) is 6.61 Å². The summed E-state index contributed by atoms with van der Waals surface area (Å²) < 4.78 is 18.2. The fourth-order valence-corrected chi connectivity index (χ4v) is 1.55. The highest BCUT2D eigenvalue weighted by molar-refractivity contribution is 5.24. The fraction of sp³-hybridized carbons (Fsp3) is 0.500. The summed E-state index contributed by atoms with van der Waals surface area (Å²) >= 11 is 0. The molecule has 2 rings (SSSR count). The zero-order valence-corrected chi connectivity index (χ0v) is 8.92. The van der Waals surface area contributed by atoms with E-state index in [1.165, 1.54) is 18.9 Å². The summed E-state index contributed by atoms with van der Waals surface area (Å²) in [5.41, 5.74) is 1.75. The number of ether oxygens (including phenoxy) is 1. The molecule has 0 heterocycles. The topological polar surface area (TPSA) is 21.3 Å². The number of halogens is 1. The van der Waals surface area contributed by atoms with Crippen molar-refractivity contribution in [3.63, 3.8) is 0 Å². The molecule has 3 heteroatoms. The van der Waals surface area contributed by atoms with Gasteiger partial charge in [0.25, 0.3) is 0 Å². The lowest BCUT2D eigenvalue weighted by Gasteiger charge is -2.07. The minimum Gasteiger partial charge on any atom is -0.380 e. The Labute approximate surface area is 89.4 Å². The molecule has 0 bridgehead atoms. The van der Waals surface area contributed by atoms with Crippen molar-refractivity contribution in [1.29, 1.82) is 0 Å². The molecule has 0 saturated heterocycles. The standard InChI is InChI=1S/C12H16FNO/c1-15-8-10-6-9(2-5-12(10)13)7-14-11-3-4-11/h2,5-6,11,14H,3-4,7-8H2,1H3. The number of rotatable bonds is 5. The van der Waals surface area contributed by atoms with Crippen molar-refractivity contribution >= 4 is 0 Å². The zero-order valence-electron chi connectivity index (χ0n) is 8.92. The first-order valence-electron chi connectivity index (χ1n) is 5.29. The monoisotopic (exact) mass is 209 g/mol. The van der Waals surface area contributed by atoms with Gasteiger partial charge < -0.3 is 10.1 Å². The number of nitrogens with one attached hydrogen (secondary N) is 1. The van der Waals surface area contributed by atoms with E-state index in [1.807, 2.05) is 12.1 Å². The lowest BCUT2D eigenvalue weighted by atomic mass is 10.1. The SMILES string of the molecule is COCc1cc(CNC2CC2)ccc1F. The van der Waals surface area contributed by atoms with Crippen LogP contribution in [0.4, 0.5) is 4.39 Å². The summed E-state index contributed by atoms with van der Waals surface area (Å²) in [6, 6.07) is 5.89. The first kappa shape index (κ1) is 10.6. The molecule has 82 valence electrons. The molecule has 0 amide bonds. The third-order valence-electron chi connectivity index (χ3n) is 2.58. The van der Waals surface area contributed by atoms with Gasteiger partial charge in [-0.25, -0.2) is 4.39 Å². The molecule has 1 fully saturated rings. The Balaban J connectivity index is 1.99. The molecular weight excluding hydrogens is 193 g/mol. The second-order valence-electron chi connectivity index (χ2n) is 4.01. The largest absolute Gasteiger partial charge is 0.380 e. The van der Waals surface area contributed by atoms with Gasteiger partial charge in [0, 0.05) is 25.3 Å². The number of hydrogen-bond acceptors (Lipinski definition) is 2. The Morgan fingerprint density at radius 3 is 2.93 bits per heavy atom. The summed E-state index contributed by atoms with van der Waals surface area (Å²) in [6.07, 6.45) is 2.54. The highest BCUT2D eigenvalue weighted by Crippen LogP contribution is 2.19. The van der Waals surface area contributed by atoms with Crippen LogP contribution in [-0.4, -0.2) is 13.2 Å². The molecular formula is C12H16FNO. The molecule has 0 unspecified atom stereocenters. The summed E-state index contributed by atoms with van der Waals surface area (Å²) in [5.74, 6) is -0.188. The van der Waals surface area contributed by atoms with Crippen LogP contribution in [0, 0.1) is 5.82 Å². The molecule has 2 nitrogen and oxygen atoms in total. The minimum absolute atomic E-state index is 0.188. The van der Waals surface area contributed by atoms with E-state index in [2.05, 4.69) is 5.32 Å². The third kappa shape index (κ3) is 3.01. The number of hydrogen-bond donors (Lipinski definition) is 1. The maximum absolute atomic E-state index is 13.3. The average molecular weight is 209 g/mol. The van der Waals surface area contributed by atoms with E-state index in [0.29, 0.717) is 18.2 Å². The van der Waals surface area contributed by atoms with Crippen molar-refractivity contribution < 1.29 is 9.13 Å². The van der Waals surface area contributed by atoms with Gasteiger partial charge in [-0.05, 0) is 30.5 Å². The fourth-order valence-electron chi connectivity index (χ4n) is 1.55. The van der Waals surface area contributed by atoms with Crippen LogP contribution in [0.25, 0.3) is 0 Å². The van der Waals surface area contributed by atoms with Crippen LogP contribution in [0.15, 0.2) is 18.2 Å². The Kier molecular flexibility index (Phi) is 3.34. The van der Waals surface area contributed by atoms with Crippen LogP contribution in [0.1, 0.15) is 24.0 Å². The molecule has 0 spiro atoms. The van der Waals surface area contributed by atoms with Gasteiger partial charge in [-0.1, -0.05) is 6.07 Å². The Morgan fingerprint density at radius 2 is 2.27 bits per heavy atom. The first-order valence-corrected chi connectivity index (χ1v) is 5.29. The van der Waals surface area contributed by atoms with Gasteiger partial charge in [-0.15, -0.1) is 0 Å². The van der Waals surface area contributed by atoms with Gasteiger partial charge in [-0.2, -0.15) is 0 Å². The van der Waals surface area contributed by atoms with E-state index in [1.54, 1.807) is 7.11 Å². The van der Waals surface area contributed by atoms with E-state index < -0.39 is 0 Å². The molecule has 15 heavy (non-hydrogen) atoms. The molecule has 0 aliphatic heterocycles. The normalized spacial score (nSPS) is 15.6. The molecule has 1 N–H and O–H groups in total. The quantitative estimate of drug-likeness (QED) is 0.803. The van der Waals surface area contributed by atoms with Gasteiger partial charge in [-0.3, -0.25) is 0 Å². The van der Waals surface area contributed by atoms with Crippen molar-refractivity contribution in [1.82, 2.24) is 5.32 Å². The van der Waals surface area contributed by atoms with Crippen molar-refractivity contribution in [2.45, 2.75) is 32.0 Å². The molecule has 1 aliphatic rings. The molecule has 0 aromatic heterocycles. The Morgan fingerprint density at radius 1 is 1.47 bits per heavy atom. The minimum atomic E-state index is -0.188. The van der Waals surface area contributed by atoms with Crippen LogP contribution in [0.5, 0.6) is 0 Å². The maximum Gasteiger partial charge on any atom is 0.128 e. The highest BCUT2D eigenvalue weighted by Gasteiger charge is 2.19. The third-order valence-corrected chi connectivity index (χ3v) is 2.58. The van der Waals surface area contributed by atoms with E-state index in [9.17, 15) is 4.39 Å². The first-order chi connectivity index (χ1) is 7.29. The molecule has 1 aromatic rings. The van der Waals surface area contributed by atoms with Gasteiger partial charge in [0.15, 0.2) is 0 Å². The highest BCUT2D eigenvalue weighted by atomic mass is 19.1. The van der Waals surface area contributed by atoms with Crippen molar-refractivity contribution in [2.24, 2.45) is 0 Å². The van der Waals surface area contributed by atoms with Gasteiger partial charge in [0.1, 0.15) is 5.82 Å². The van der Waals surface area contributed by atoms with Crippen LogP contribution < -0.4 is 5.32 Å². The average Bonchev–Trinajstić information content (AvgIpc) is 3.03. The summed E-state index contributed by atoms with van der Waals surface area (Å²) in [4.78, 5) is 0. The van der Waals surface area contributed by atoms with E-state index in [4.69, 9.17) is 4.74 Å². The summed E-state index contributed by atoms with van der Waals surface area (Å²) in [5, 5.41) is 3.40. The second kappa shape index (κ2) is 4.73. The molecule has 1 saturated carbocycles. The Hall–Kier alpha value is -0.930. The van der Waals surface area contributed by atoms with Crippen LogP contribution in [0.3, 0.4) is 0 Å². The lowest BCUT2D eigenvalue weighted by Crippen LogP contribution is -2.15. The lowest BCUT2D eigenvalue weighted by molar-refractivity contribution is 0.181. The van der Waals surface area contributed by atoms with Crippen LogP contribution in [-0.2, 0) is 17.9 Å². The Bertz CT molecular complexity index is 336. The molecule has 0 atom stereocenters. The van der Waals surface area contributed by atoms with E-state index in [0.717, 1.165) is 12.1 Å².